The predicted octanol–water partition coefficient (Wildman–Crippen LogP) is 1.31. The summed E-state index contributed by atoms with van der Waals surface area (Å²) in [6, 6.07) is 7.29. The van der Waals surface area contributed by atoms with Crippen molar-refractivity contribution in [2.24, 2.45) is 0 Å². The van der Waals surface area contributed by atoms with Gasteiger partial charge in [0.05, 0.1) is 0 Å². The molecule has 4 nitrogen and oxygen atoms in total. The van der Waals surface area contributed by atoms with Crippen molar-refractivity contribution in [2.45, 2.75) is 19.8 Å². The third-order valence-corrected chi connectivity index (χ3v) is 1.98. The van der Waals surface area contributed by atoms with Gasteiger partial charge in [-0.2, -0.15) is 0 Å². The second kappa shape index (κ2) is 5.77. The maximum atomic E-state index is 8.37. The van der Waals surface area contributed by atoms with Gasteiger partial charge in [-0.1, -0.05) is 37.6 Å². The summed E-state index contributed by atoms with van der Waals surface area (Å²) < 4.78 is 0. The molecule has 1 rings (SSSR count). The summed E-state index contributed by atoms with van der Waals surface area (Å²) in [5.74, 6) is 0. The molecule has 0 saturated heterocycles. The van der Waals surface area contributed by atoms with E-state index >= 15 is 0 Å². The molecule has 0 aliphatic heterocycles. The molecule has 76 valence electrons. The van der Waals surface area contributed by atoms with Gasteiger partial charge in [-0.05, 0) is 17.4 Å². The van der Waals surface area contributed by atoms with E-state index in [-0.39, 0.29) is 0 Å². The topological polar surface area (TPSA) is 58.9 Å². The van der Waals surface area contributed by atoms with Crippen LogP contribution in [0.15, 0.2) is 24.3 Å². The van der Waals surface area contributed by atoms with E-state index in [4.69, 9.17) is 10.5 Å². The van der Waals surface area contributed by atoms with E-state index in [0.717, 1.165) is 12.8 Å². The zero-order valence-corrected chi connectivity index (χ0v) is 8.01. The highest BCUT2D eigenvalue weighted by Crippen LogP contribution is 2.01. The third kappa shape index (κ3) is 2.82. The Hall–Kier alpha value is -0.875. The lowest BCUT2D eigenvalue weighted by atomic mass is 9.79. The molecule has 5 heteroatoms. The Morgan fingerprint density at radius 3 is 2.14 bits per heavy atom. The summed E-state index contributed by atoms with van der Waals surface area (Å²) in [5.41, 5.74) is 1.76. The van der Waals surface area contributed by atoms with Crippen LogP contribution in [0.1, 0.15) is 18.9 Å². The first kappa shape index (κ1) is 11.2. The van der Waals surface area contributed by atoms with Crippen LogP contribution in [0.25, 0.3) is 0 Å². The second-order valence-electron chi connectivity index (χ2n) is 3.03. The standard InChI is InChI=1S/C9H13BO4/c1-2-3-8-4-6-9(7-5-8)10(13-11)14-12/h4-7,11-12H,2-3H2,1H3. The molecule has 0 unspecified atom stereocenters. The van der Waals surface area contributed by atoms with Gasteiger partial charge >= 0.3 is 7.12 Å². The number of hydrogen-bond donors (Lipinski definition) is 2. The van der Waals surface area contributed by atoms with Gasteiger partial charge < -0.3 is 0 Å². The minimum atomic E-state index is -1.13. The lowest BCUT2D eigenvalue weighted by Gasteiger charge is -2.05. The van der Waals surface area contributed by atoms with Crippen LogP contribution < -0.4 is 5.46 Å². The summed E-state index contributed by atoms with van der Waals surface area (Å²) in [6.07, 6.45) is 2.08. The van der Waals surface area contributed by atoms with Crippen molar-refractivity contribution in [3.05, 3.63) is 29.8 Å². The molecular weight excluding hydrogens is 183 g/mol. The van der Waals surface area contributed by atoms with Crippen LogP contribution in [0.4, 0.5) is 0 Å². The Balaban J connectivity index is 2.71. The number of hydrogen-bond acceptors (Lipinski definition) is 4. The van der Waals surface area contributed by atoms with E-state index in [2.05, 4.69) is 16.5 Å². The maximum absolute atomic E-state index is 8.37. The Morgan fingerprint density at radius 2 is 1.71 bits per heavy atom. The van der Waals surface area contributed by atoms with E-state index in [1.165, 1.54) is 5.56 Å². The van der Waals surface area contributed by atoms with Crippen LogP contribution in [0.5, 0.6) is 0 Å². The largest absolute Gasteiger partial charge is 0.554 e. The summed E-state index contributed by atoms with van der Waals surface area (Å²) >= 11 is 0. The summed E-state index contributed by atoms with van der Waals surface area (Å²) in [7, 11) is -1.13. The molecule has 0 atom stereocenters. The van der Waals surface area contributed by atoms with Crippen LogP contribution in [0.3, 0.4) is 0 Å². The third-order valence-electron chi connectivity index (χ3n) is 1.98. The number of rotatable bonds is 5. The average Bonchev–Trinajstić information content (AvgIpc) is 2.23. The molecular formula is C9H13BO4. The van der Waals surface area contributed by atoms with Crippen molar-refractivity contribution in [1.82, 2.24) is 0 Å². The molecule has 0 radical (unpaired) electrons. The molecule has 2 N–H and O–H groups in total. The normalized spacial score (nSPS) is 10.2. The number of benzene rings is 1. The van der Waals surface area contributed by atoms with Gasteiger partial charge in [0.1, 0.15) is 0 Å². The molecule has 1 aromatic rings. The first-order chi connectivity index (χ1) is 6.81. The Bertz CT molecular complexity index is 258. The highest BCUT2D eigenvalue weighted by Gasteiger charge is 2.21. The molecule has 0 spiro atoms. The second-order valence-corrected chi connectivity index (χ2v) is 3.03. The van der Waals surface area contributed by atoms with Gasteiger partial charge in [-0.25, -0.2) is 0 Å². The van der Waals surface area contributed by atoms with Crippen LogP contribution in [0, 0.1) is 0 Å². The van der Waals surface area contributed by atoms with Crippen LogP contribution in [-0.4, -0.2) is 17.6 Å². The lowest BCUT2D eigenvalue weighted by Crippen LogP contribution is -2.35. The highest BCUT2D eigenvalue weighted by molar-refractivity contribution is 6.60. The molecule has 14 heavy (non-hydrogen) atoms. The van der Waals surface area contributed by atoms with Crippen molar-refractivity contribution in [3.63, 3.8) is 0 Å². The Kier molecular flexibility index (Phi) is 4.62. The van der Waals surface area contributed by atoms with Gasteiger partial charge in [-0.3, -0.25) is 20.1 Å². The zero-order valence-electron chi connectivity index (χ0n) is 8.01. The summed E-state index contributed by atoms with van der Waals surface area (Å²) in [4.78, 5) is 7.83. The van der Waals surface area contributed by atoms with Crippen molar-refractivity contribution in [3.8, 4) is 0 Å². The minimum absolute atomic E-state index is 0.565. The molecule has 0 aliphatic carbocycles. The monoisotopic (exact) mass is 196 g/mol. The molecule has 1 aromatic carbocycles. The van der Waals surface area contributed by atoms with Crippen LogP contribution in [0.2, 0.25) is 0 Å². The molecule has 0 aromatic heterocycles. The van der Waals surface area contributed by atoms with Crippen LogP contribution in [-0.2, 0) is 16.0 Å². The van der Waals surface area contributed by atoms with E-state index in [1.807, 2.05) is 12.1 Å². The van der Waals surface area contributed by atoms with E-state index < -0.39 is 7.12 Å². The Morgan fingerprint density at radius 1 is 1.14 bits per heavy atom. The van der Waals surface area contributed by atoms with Crippen molar-refractivity contribution >= 4 is 12.6 Å². The fourth-order valence-electron chi connectivity index (χ4n) is 1.27. The highest BCUT2D eigenvalue weighted by atomic mass is 17.2. The van der Waals surface area contributed by atoms with E-state index in [1.54, 1.807) is 12.1 Å². The lowest BCUT2D eigenvalue weighted by molar-refractivity contribution is -0.221. The van der Waals surface area contributed by atoms with Gasteiger partial charge in [-0.15, -0.1) is 0 Å². The zero-order chi connectivity index (χ0) is 10.4. The maximum Gasteiger partial charge on any atom is 0.554 e. The van der Waals surface area contributed by atoms with E-state index in [9.17, 15) is 0 Å². The molecule has 0 saturated carbocycles. The van der Waals surface area contributed by atoms with Crippen LogP contribution >= 0.6 is 0 Å². The Labute approximate surface area is 83.1 Å². The molecule has 0 fully saturated rings. The molecule has 0 amide bonds. The van der Waals surface area contributed by atoms with Gasteiger partial charge in [0.15, 0.2) is 0 Å². The van der Waals surface area contributed by atoms with Crippen molar-refractivity contribution < 1.29 is 20.1 Å². The summed E-state index contributed by atoms with van der Waals surface area (Å²) in [6.45, 7) is 2.10. The average molecular weight is 196 g/mol. The van der Waals surface area contributed by atoms with Gasteiger partial charge in [0.2, 0.25) is 0 Å². The summed E-state index contributed by atoms with van der Waals surface area (Å²) in [5, 5.41) is 16.7. The molecule has 0 heterocycles. The minimum Gasteiger partial charge on any atom is -0.264 e. The van der Waals surface area contributed by atoms with Crippen molar-refractivity contribution in [2.75, 3.05) is 0 Å². The molecule has 0 aliphatic rings. The van der Waals surface area contributed by atoms with E-state index in [0.29, 0.717) is 5.46 Å². The first-order valence-corrected chi connectivity index (χ1v) is 4.51. The predicted molar refractivity (Wildman–Crippen MR) is 53.3 cm³/mol. The number of aryl methyl sites for hydroxylation is 1. The fraction of sp³-hybridized carbons (Fsp3) is 0.333. The fourth-order valence-corrected chi connectivity index (χ4v) is 1.27. The van der Waals surface area contributed by atoms with Gasteiger partial charge in [0.25, 0.3) is 0 Å². The quantitative estimate of drug-likeness (QED) is 0.423. The van der Waals surface area contributed by atoms with Gasteiger partial charge in [0, 0.05) is 0 Å². The SMILES string of the molecule is CCCc1ccc(B(OO)OO)cc1. The van der Waals surface area contributed by atoms with Crippen molar-refractivity contribution in [1.29, 1.82) is 0 Å². The molecule has 0 bridgehead atoms. The first-order valence-electron chi connectivity index (χ1n) is 4.51. The smallest absolute Gasteiger partial charge is 0.264 e.